The normalized spacial score (nSPS) is 20.3. The second-order valence-corrected chi connectivity index (χ2v) is 5.94. The van der Waals surface area contributed by atoms with E-state index in [9.17, 15) is 4.79 Å². The fraction of sp³-hybridized carbons (Fsp3) is 0.438. The minimum absolute atomic E-state index is 0.0177. The van der Waals surface area contributed by atoms with Gasteiger partial charge < -0.3 is 9.84 Å². The van der Waals surface area contributed by atoms with Crippen LogP contribution in [0.3, 0.4) is 0 Å². The topological polar surface area (TPSA) is 68.0 Å². The maximum absolute atomic E-state index is 11.2. The van der Waals surface area contributed by atoms with E-state index in [1.54, 1.807) is 6.92 Å². The maximum atomic E-state index is 11.2. The number of carbonyl (C=O) groups is 1. The second-order valence-electron chi connectivity index (χ2n) is 5.94. The molecule has 2 aliphatic carbocycles. The Hall–Kier alpha value is -2.17. The van der Waals surface area contributed by atoms with Crippen molar-refractivity contribution < 1.29 is 9.32 Å². The number of carbonyl (C=O) groups excluding carboxylic acids is 1. The molecule has 0 aliphatic heterocycles. The first kappa shape index (κ1) is 12.6. The summed E-state index contributed by atoms with van der Waals surface area (Å²) in [7, 11) is 0. The van der Waals surface area contributed by atoms with Gasteiger partial charge in [-0.05, 0) is 42.9 Å². The molecule has 4 rings (SSSR count). The van der Waals surface area contributed by atoms with Crippen molar-refractivity contribution in [2.45, 2.75) is 44.6 Å². The SMILES string of the molecule is CC(=O)NC1CCc2cc(-c3noc(C4CC4)n3)ccc21. The monoisotopic (exact) mass is 283 g/mol. The van der Waals surface area contributed by atoms with E-state index >= 15 is 0 Å². The number of nitrogens with one attached hydrogen (secondary N) is 1. The number of hydrogen-bond donors (Lipinski definition) is 1. The van der Waals surface area contributed by atoms with Crippen LogP contribution in [0.5, 0.6) is 0 Å². The van der Waals surface area contributed by atoms with Crippen molar-refractivity contribution in [3.63, 3.8) is 0 Å². The highest BCUT2D eigenvalue weighted by Crippen LogP contribution is 2.40. The van der Waals surface area contributed by atoms with Gasteiger partial charge in [0.15, 0.2) is 0 Å². The average molecular weight is 283 g/mol. The summed E-state index contributed by atoms with van der Waals surface area (Å²) in [4.78, 5) is 15.7. The summed E-state index contributed by atoms with van der Waals surface area (Å²) in [6.45, 7) is 1.56. The van der Waals surface area contributed by atoms with E-state index in [0.29, 0.717) is 11.7 Å². The molecule has 1 N–H and O–H groups in total. The number of amides is 1. The number of aromatic nitrogens is 2. The summed E-state index contributed by atoms with van der Waals surface area (Å²) in [6.07, 6.45) is 4.24. The van der Waals surface area contributed by atoms with E-state index in [1.165, 1.54) is 11.1 Å². The van der Waals surface area contributed by atoms with Gasteiger partial charge in [0, 0.05) is 18.4 Å². The number of aryl methyl sites for hydroxylation is 1. The minimum Gasteiger partial charge on any atom is -0.350 e. The van der Waals surface area contributed by atoms with E-state index in [4.69, 9.17) is 4.52 Å². The van der Waals surface area contributed by atoms with Gasteiger partial charge in [0.05, 0.1) is 6.04 Å². The molecule has 2 aliphatic rings. The van der Waals surface area contributed by atoms with Crippen molar-refractivity contribution >= 4 is 5.91 Å². The number of fused-ring (bicyclic) bond motifs is 1. The van der Waals surface area contributed by atoms with Crippen molar-refractivity contribution in [1.82, 2.24) is 15.5 Å². The fourth-order valence-electron chi connectivity index (χ4n) is 3.00. The predicted molar refractivity (Wildman–Crippen MR) is 76.6 cm³/mol. The molecule has 1 atom stereocenters. The molecule has 2 aromatic rings. The van der Waals surface area contributed by atoms with Gasteiger partial charge in [-0.2, -0.15) is 4.98 Å². The number of nitrogens with zero attached hydrogens (tertiary/aromatic N) is 2. The van der Waals surface area contributed by atoms with Gasteiger partial charge in [0.2, 0.25) is 17.6 Å². The third kappa shape index (κ3) is 2.33. The summed E-state index contributed by atoms with van der Waals surface area (Å²) < 4.78 is 5.32. The Labute approximate surface area is 122 Å². The Balaban J connectivity index is 1.61. The zero-order chi connectivity index (χ0) is 14.4. The molecule has 1 amide bonds. The molecule has 0 spiro atoms. The maximum Gasteiger partial charge on any atom is 0.230 e. The molecule has 0 bridgehead atoms. The summed E-state index contributed by atoms with van der Waals surface area (Å²) >= 11 is 0. The van der Waals surface area contributed by atoms with Crippen LogP contribution in [0, 0.1) is 0 Å². The lowest BCUT2D eigenvalue weighted by Gasteiger charge is -2.12. The van der Waals surface area contributed by atoms with Crippen LogP contribution >= 0.6 is 0 Å². The zero-order valence-corrected chi connectivity index (χ0v) is 11.9. The molecule has 1 unspecified atom stereocenters. The van der Waals surface area contributed by atoms with Gasteiger partial charge in [-0.25, -0.2) is 0 Å². The first-order valence-electron chi connectivity index (χ1n) is 7.44. The predicted octanol–water partition coefficient (Wildman–Crippen LogP) is 2.74. The molecule has 108 valence electrons. The quantitative estimate of drug-likeness (QED) is 0.940. The fourth-order valence-corrected chi connectivity index (χ4v) is 3.00. The summed E-state index contributed by atoms with van der Waals surface area (Å²) in [5, 5.41) is 7.08. The molecule has 1 aromatic carbocycles. The Kier molecular flexibility index (Phi) is 2.80. The lowest BCUT2D eigenvalue weighted by molar-refractivity contribution is -0.119. The molecular weight excluding hydrogens is 266 g/mol. The van der Waals surface area contributed by atoms with E-state index in [-0.39, 0.29) is 11.9 Å². The van der Waals surface area contributed by atoms with Gasteiger partial charge in [0.25, 0.3) is 0 Å². The first-order valence-corrected chi connectivity index (χ1v) is 7.44. The number of rotatable bonds is 3. The van der Waals surface area contributed by atoms with Crippen LogP contribution in [-0.4, -0.2) is 16.0 Å². The Morgan fingerprint density at radius 2 is 2.19 bits per heavy atom. The van der Waals surface area contributed by atoms with E-state index < -0.39 is 0 Å². The summed E-state index contributed by atoms with van der Waals surface area (Å²) in [6, 6.07) is 6.35. The van der Waals surface area contributed by atoms with Crippen LogP contribution in [0.2, 0.25) is 0 Å². The van der Waals surface area contributed by atoms with Crippen LogP contribution in [-0.2, 0) is 11.2 Å². The third-order valence-electron chi connectivity index (χ3n) is 4.22. The van der Waals surface area contributed by atoms with Crippen molar-refractivity contribution in [3.8, 4) is 11.4 Å². The molecule has 21 heavy (non-hydrogen) atoms. The Morgan fingerprint density at radius 1 is 1.33 bits per heavy atom. The Bertz CT molecular complexity index is 703. The van der Waals surface area contributed by atoms with Crippen LogP contribution < -0.4 is 5.32 Å². The van der Waals surface area contributed by atoms with Crippen LogP contribution in [0.25, 0.3) is 11.4 Å². The number of hydrogen-bond acceptors (Lipinski definition) is 4. The molecule has 5 heteroatoms. The van der Waals surface area contributed by atoms with Crippen molar-refractivity contribution in [2.24, 2.45) is 0 Å². The molecule has 1 aromatic heterocycles. The number of benzene rings is 1. The lowest BCUT2D eigenvalue weighted by Crippen LogP contribution is -2.24. The third-order valence-corrected chi connectivity index (χ3v) is 4.22. The zero-order valence-electron chi connectivity index (χ0n) is 11.9. The summed E-state index contributed by atoms with van der Waals surface area (Å²) in [5.41, 5.74) is 3.47. The highest BCUT2D eigenvalue weighted by molar-refractivity contribution is 5.73. The summed E-state index contributed by atoms with van der Waals surface area (Å²) in [5.74, 6) is 1.93. The van der Waals surface area contributed by atoms with Gasteiger partial charge in [-0.3, -0.25) is 4.79 Å². The largest absolute Gasteiger partial charge is 0.350 e. The highest BCUT2D eigenvalue weighted by Gasteiger charge is 2.30. The molecule has 5 nitrogen and oxygen atoms in total. The van der Waals surface area contributed by atoms with E-state index in [0.717, 1.165) is 37.1 Å². The Morgan fingerprint density at radius 3 is 2.95 bits per heavy atom. The molecule has 0 radical (unpaired) electrons. The van der Waals surface area contributed by atoms with Gasteiger partial charge >= 0.3 is 0 Å². The average Bonchev–Trinajstić information content (AvgIpc) is 3.07. The van der Waals surface area contributed by atoms with Gasteiger partial charge in [-0.1, -0.05) is 17.3 Å². The minimum atomic E-state index is 0.0177. The standard InChI is InChI=1S/C16H17N3O2/c1-9(20)17-14-7-5-11-8-12(4-6-13(11)14)15-18-16(21-19-15)10-2-3-10/h4,6,8,10,14H,2-3,5,7H2,1H3,(H,17,20). The second kappa shape index (κ2) is 4.69. The van der Waals surface area contributed by atoms with Crippen molar-refractivity contribution in [3.05, 3.63) is 35.2 Å². The van der Waals surface area contributed by atoms with Crippen molar-refractivity contribution in [2.75, 3.05) is 0 Å². The molecule has 1 heterocycles. The van der Waals surface area contributed by atoms with E-state index in [1.807, 2.05) is 6.07 Å². The molecular formula is C16H17N3O2. The molecule has 0 saturated heterocycles. The molecule has 1 fully saturated rings. The van der Waals surface area contributed by atoms with Crippen LogP contribution in [0.1, 0.15) is 55.2 Å². The first-order chi connectivity index (χ1) is 10.2. The van der Waals surface area contributed by atoms with Gasteiger partial charge in [0.1, 0.15) is 0 Å². The van der Waals surface area contributed by atoms with Crippen LogP contribution in [0.15, 0.2) is 22.7 Å². The molecule has 1 saturated carbocycles. The lowest BCUT2D eigenvalue weighted by atomic mass is 10.0. The van der Waals surface area contributed by atoms with Crippen molar-refractivity contribution in [1.29, 1.82) is 0 Å². The van der Waals surface area contributed by atoms with Gasteiger partial charge in [-0.15, -0.1) is 0 Å². The highest BCUT2D eigenvalue weighted by atomic mass is 16.5. The van der Waals surface area contributed by atoms with Crippen LogP contribution in [0.4, 0.5) is 0 Å². The smallest absolute Gasteiger partial charge is 0.230 e. The van der Waals surface area contributed by atoms with E-state index in [2.05, 4.69) is 27.6 Å².